The molecule has 7 heteroatoms. The highest BCUT2D eigenvalue weighted by molar-refractivity contribution is 5.75. The summed E-state index contributed by atoms with van der Waals surface area (Å²) in [6.07, 6.45) is 1.35. The van der Waals surface area contributed by atoms with Gasteiger partial charge in [-0.1, -0.05) is 17.3 Å². The van der Waals surface area contributed by atoms with Crippen molar-refractivity contribution in [2.45, 2.75) is 26.2 Å². The van der Waals surface area contributed by atoms with Gasteiger partial charge in [-0.3, -0.25) is 4.79 Å². The maximum absolute atomic E-state index is 13.5. The first kappa shape index (κ1) is 16.1. The topological polar surface area (TPSA) is 94.0 Å². The zero-order valence-corrected chi connectivity index (χ0v) is 12.4. The zero-order chi connectivity index (χ0) is 15.9. The number of halogens is 1. The fourth-order valence-electron chi connectivity index (χ4n) is 1.84. The zero-order valence-electron chi connectivity index (χ0n) is 12.4. The molecule has 0 radical (unpaired) electrons. The summed E-state index contributed by atoms with van der Waals surface area (Å²) in [5, 5.41) is 6.56. The Morgan fingerprint density at radius 3 is 3.00 bits per heavy atom. The van der Waals surface area contributed by atoms with Gasteiger partial charge in [0.1, 0.15) is 5.82 Å². The van der Waals surface area contributed by atoms with Crippen LogP contribution in [0.3, 0.4) is 0 Å². The molecule has 0 saturated carbocycles. The summed E-state index contributed by atoms with van der Waals surface area (Å²) >= 11 is 0. The third kappa shape index (κ3) is 4.36. The number of benzene rings is 1. The van der Waals surface area contributed by atoms with Crippen LogP contribution in [0.15, 0.2) is 22.7 Å². The number of nitrogens with one attached hydrogen (secondary N) is 1. The number of carbonyl (C=O) groups is 1. The van der Waals surface area contributed by atoms with Gasteiger partial charge < -0.3 is 15.6 Å². The van der Waals surface area contributed by atoms with Crippen LogP contribution in [-0.4, -0.2) is 29.1 Å². The van der Waals surface area contributed by atoms with Crippen molar-refractivity contribution < 1.29 is 13.7 Å². The summed E-state index contributed by atoms with van der Waals surface area (Å²) in [5.74, 6) is 0.264. The number of aryl methyl sites for hydroxylation is 2. The number of hydrogen-bond donors (Lipinski definition) is 2. The summed E-state index contributed by atoms with van der Waals surface area (Å²) in [6.45, 7) is 2.79. The van der Waals surface area contributed by atoms with Crippen LogP contribution in [0.5, 0.6) is 0 Å². The Labute approximate surface area is 127 Å². The standard InChI is InChI=1S/C15H19FN4O2/c1-10-3-4-11(9-12(10)16)15-19-14(22-20-15)6-5-13(21)18-8-2-7-17/h3-4,9H,2,5-8,17H2,1H3,(H,18,21). The minimum absolute atomic E-state index is 0.0884. The SMILES string of the molecule is Cc1ccc(-c2noc(CCC(=O)NCCCN)n2)cc1F. The Balaban J connectivity index is 1.91. The lowest BCUT2D eigenvalue weighted by molar-refractivity contribution is -0.121. The van der Waals surface area contributed by atoms with E-state index in [0.717, 1.165) is 6.42 Å². The molecule has 2 aromatic rings. The van der Waals surface area contributed by atoms with Gasteiger partial charge in [0.05, 0.1) is 0 Å². The van der Waals surface area contributed by atoms with Crippen LogP contribution in [-0.2, 0) is 11.2 Å². The van der Waals surface area contributed by atoms with E-state index in [4.69, 9.17) is 10.3 Å². The number of nitrogens with two attached hydrogens (primary N) is 1. The van der Waals surface area contributed by atoms with Crippen molar-refractivity contribution in [2.24, 2.45) is 5.73 Å². The monoisotopic (exact) mass is 306 g/mol. The van der Waals surface area contributed by atoms with E-state index in [0.29, 0.717) is 42.4 Å². The Morgan fingerprint density at radius 2 is 2.27 bits per heavy atom. The highest BCUT2D eigenvalue weighted by Crippen LogP contribution is 2.19. The predicted molar refractivity (Wildman–Crippen MR) is 79.4 cm³/mol. The molecule has 0 aliphatic heterocycles. The van der Waals surface area contributed by atoms with Crippen LogP contribution < -0.4 is 11.1 Å². The molecule has 3 N–H and O–H groups in total. The van der Waals surface area contributed by atoms with Gasteiger partial charge in [-0.2, -0.15) is 4.98 Å². The van der Waals surface area contributed by atoms with Gasteiger partial charge in [0, 0.05) is 24.9 Å². The van der Waals surface area contributed by atoms with Gasteiger partial charge in [0.25, 0.3) is 0 Å². The van der Waals surface area contributed by atoms with E-state index in [-0.39, 0.29) is 18.1 Å². The molecule has 0 bridgehead atoms. The van der Waals surface area contributed by atoms with Crippen LogP contribution in [0.1, 0.15) is 24.3 Å². The molecule has 6 nitrogen and oxygen atoms in total. The molecule has 0 aliphatic rings. The molecule has 1 amide bonds. The summed E-state index contributed by atoms with van der Waals surface area (Å²) in [5.41, 5.74) is 6.45. The molecule has 1 aromatic heterocycles. The molecule has 22 heavy (non-hydrogen) atoms. The maximum Gasteiger partial charge on any atom is 0.227 e. The van der Waals surface area contributed by atoms with Gasteiger partial charge in [0.2, 0.25) is 17.6 Å². The van der Waals surface area contributed by atoms with E-state index in [1.54, 1.807) is 19.1 Å². The van der Waals surface area contributed by atoms with Crippen molar-refractivity contribution in [2.75, 3.05) is 13.1 Å². The molecule has 1 aromatic carbocycles. The predicted octanol–water partition coefficient (Wildman–Crippen LogP) is 1.58. The van der Waals surface area contributed by atoms with Crippen molar-refractivity contribution in [3.05, 3.63) is 35.5 Å². The molecule has 0 atom stereocenters. The van der Waals surface area contributed by atoms with Crippen molar-refractivity contribution in [3.8, 4) is 11.4 Å². The Bertz CT molecular complexity index is 642. The number of hydrogen-bond acceptors (Lipinski definition) is 5. The Kier molecular flexibility index (Phi) is 5.60. The second kappa shape index (κ2) is 7.65. The van der Waals surface area contributed by atoms with E-state index >= 15 is 0 Å². The van der Waals surface area contributed by atoms with Gasteiger partial charge in [-0.15, -0.1) is 0 Å². The van der Waals surface area contributed by atoms with Gasteiger partial charge >= 0.3 is 0 Å². The average molecular weight is 306 g/mol. The molecule has 0 aliphatic carbocycles. The minimum atomic E-state index is -0.317. The number of nitrogens with zero attached hydrogens (tertiary/aromatic N) is 2. The number of aromatic nitrogens is 2. The second-order valence-electron chi connectivity index (χ2n) is 4.97. The first-order chi connectivity index (χ1) is 10.6. The molecule has 0 saturated heterocycles. The van der Waals surface area contributed by atoms with Crippen molar-refractivity contribution in [3.63, 3.8) is 0 Å². The highest BCUT2D eigenvalue weighted by atomic mass is 19.1. The number of amides is 1. The van der Waals surface area contributed by atoms with Crippen LogP contribution in [0.25, 0.3) is 11.4 Å². The lowest BCUT2D eigenvalue weighted by atomic mass is 10.1. The second-order valence-corrected chi connectivity index (χ2v) is 4.97. The fraction of sp³-hybridized carbons (Fsp3) is 0.400. The van der Waals surface area contributed by atoms with E-state index in [1.165, 1.54) is 6.07 Å². The summed E-state index contributed by atoms with van der Waals surface area (Å²) in [6, 6.07) is 4.75. The maximum atomic E-state index is 13.5. The Hall–Kier alpha value is -2.28. The first-order valence-electron chi connectivity index (χ1n) is 7.16. The van der Waals surface area contributed by atoms with E-state index < -0.39 is 0 Å². The first-order valence-corrected chi connectivity index (χ1v) is 7.16. The summed E-state index contributed by atoms with van der Waals surface area (Å²) < 4.78 is 18.6. The van der Waals surface area contributed by atoms with Gasteiger partial charge in [-0.05, 0) is 31.5 Å². The third-order valence-corrected chi connectivity index (χ3v) is 3.17. The van der Waals surface area contributed by atoms with Crippen molar-refractivity contribution >= 4 is 5.91 Å². The van der Waals surface area contributed by atoms with Crippen LogP contribution in [0, 0.1) is 12.7 Å². The molecule has 2 rings (SSSR count). The molecule has 118 valence electrons. The van der Waals surface area contributed by atoms with Crippen LogP contribution in [0.2, 0.25) is 0 Å². The van der Waals surface area contributed by atoms with Gasteiger partial charge in [0.15, 0.2) is 0 Å². The lowest BCUT2D eigenvalue weighted by Gasteiger charge is -2.01. The minimum Gasteiger partial charge on any atom is -0.356 e. The number of carbonyl (C=O) groups excluding carboxylic acids is 1. The van der Waals surface area contributed by atoms with Gasteiger partial charge in [-0.25, -0.2) is 4.39 Å². The summed E-state index contributed by atoms with van der Waals surface area (Å²) in [7, 11) is 0. The Morgan fingerprint density at radius 1 is 1.45 bits per heavy atom. The normalized spacial score (nSPS) is 10.7. The van der Waals surface area contributed by atoms with E-state index in [1.807, 2.05) is 0 Å². The quantitative estimate of drug-likeness (QED) is 0.757. The average Bonchev–Trinajstić information content (AvgIpc) is 2.97. The van der Waals surface area contributed by atoms with E-state index in [2.05, 4.69) is 15.5 Å². The molecule has 0 unspecified atom stereocenters. The number of rotatable bonds is 7. The molecule has 1 heterocycles. The molecule has 0 spiro atoms. The summed E-state index contributed by atoms with van der Waals surface area (Å²) in [4.78, 5) is 15.7. The highest BCUT2D eigenvalue weighted by Gasteiger charge is 2.11. The molecule has 0 fully saturated rings. The van der Waals surface area contributed by atoms with Crippen molar-refractivity contribution in [1.82, 2.24) is 15.5 Å². The van der Waals surface area contributed by atoms with Crippen LogP contribution in [0.4, 0.5) is 4.39 Å². The molecular weight excluding hydrogens is 287 g/mol. The van der Waals surface area contributed by atoms with Crippen molar-refractivity contribution in [1.29, 1.82) is 0 Å². The molecular formula is C15H19FN4O2. The van der Waals surface area contributed by atoms with E-state index in [9.17, 15) is 9.18 Å². The third-order valence-electron chi connectivity index (χ3n) is 3.17. The largest absolute Gasteiger partial charge is 0.356 e. The smallest absolute Gasteiger partial charge is 0.227 e. The van der Waals surface area contributed by atoms with Crippen LogP contribution >= 0.6 is 0 Å². The fourth-order valence-corrected chi connectivity index (χ4v) is 1.84. The lowest BCUT2D eigenvalue weighted by Crippen LogP contribution is -2.26.